The lowest BCUT2D eigenvalue weighted by atomic mass is 9.82. The lowest BCUT2D eigenvalue weighted by Gasteiger charge is -2.44. The number of fused-ring (bicyclic) bond motifs is 2. The zero-order chi connectivity index (χ0) is 28.3. The Morgan fingerprint density at radius 3 is 2.67 bits per heavy atom. The van der Waals surface area contributed by atoms with Crippen molar-refractivity contribution in [2.45, 2.75) is 37.2 Å². The van der Waals surface area contributed by atoms with E-state index in [-0.39, 0.29) is 11.7 Å². The summed E-state index contributed by atoms with van der Waals surface area (Å²) in [7, 11) is 1.81. The van der Waals surface area contributed by atoms with Gasteiger partial charge in [0.05, 0.1) is 21.7 Å². The quantitative estimate of drug-likeness (QED) is 0.338. The molecule has 2 aliphatic heterocycles. The van der Waals surface area contributed by atoms with Crippen LogP contribution in [-0.4, -0.2) is 60.0 Å². The second kappa shape index (κ2) is 12.1. The van der Waals surface area contributed by atoms with E-state index in [2.05, 4.69) is 15.2 Å². The first-order valence-electron chi connectivity index (χ1n) is 13.4. The van der Waals surface area contributed by atoms with Gasteiger partial charge in [0.15, 0.2) is 0 Å². The predicted octanol–water partition coefficient (Wildman–Crippen LogP) is 6.26. The zero-order valence-electron chi connectivity index (χ0n) is 22.2. The van der Waals surface area contributed by atoms with E-state index in [1.807, 2.05) is 31.3 Å². The number of hydrogen-bond donors (Lipinski definition) is 1. The Kier molecular flexibility index (Phi) is 8.59. The minimum Gasteiger partial charge on any atom is -0.438 e. The van der Waals surface area contributed by atoms with E-state index in [0.29, 0.717) is 73.2 Å². The molecule has 1 unspecified atom stereocenters. The molecule has 1 saturated heterocycles. The normalized spacial score (nSPS) is 17.1. The average molecular weight is 586 g/mol. The Bertz CT molecular complexity index is 1380. The molecule has 2 aromatic carbocycles. The maximum atomic E-state index is 14.1. The number of likely N-dealkylation sites (tertiary alicyclic amines) is 1. The molecule has 3 heterocycles. The van der Waals surface area contributed by atoms with Crippen LogP contribution in [0.5, 0.6) is 0 Å². The Hall–Kier alpha value is -3.20. The summed E-state index contributed by atoms with van der Waals surface area (Å²) in [6.07, 6.45) is 3.52. The van der Waals surface area contributed by atoms with Crippen LogP contribution in [-0.2, 0) is 21.6 Å². The number of piperidine rings is 1. The number of ether oxygens (including phenoxy) is 1. The summed E-state index contributed by atoms with van der Waals surface area (Å²) in [5.41, 5.74) is 2.14. The van der Waals surface area contributed by atoms with Gasteiger partial charge in [-0.3, -0.25) is 15.1 Å². The molecule has 0 saturated carbocycles. The zero-order valence-corrected chi connectivity index (χ0v) is 23.7. The van der Waals surface area contributed by atoms with Crippen LogP contribution in [0.3, 0.4) is 0 Å². The molecular weight excluding hydrogens is 554 g/mol. The maximum Gasteiger partial charge on any atom is 0.412 e. The van der Waals surface area contributed by atoms with Gasteiger partial charge in [0, 0.05) is 63.4 Å². The largest absolute Gasteiger partial charge is 0.438 e. The number of amides is 2. The van der Waals surface area contributed by atoms with Crippen molar-refractivity contribution in [1.82, 2.24) is 14.8 Å². The van der Waals surface area contributed by atoms with E-state index in [4.69, 9.17) is 27.9 Å². The van der Waals surface area contributed by atoms with Crippen molar-refractivity contribution in [3.8, 4) is 0 Å². The number of halogens is 3. The van der Waals surface area contributed by atoms with Crippen molar-refractivity contribution < 1.29 is 18.7 Å². The molecule has 210 valence electrons. The highest BCUT2D eigenvalue weighted by Crippen LogP contribution is 2.44. The number of benzene rings is 2. The number of rotatable bonds is 8. The van der Waals surface area contributed by atoms with Crippen molar-refractivity contribution in [1.29, 1.82) is 0 Å². The fourth-order valence-electron chi connectivity index (χ4n) is 5.56. The number of carbonyl (C=O) groups excluding carboxylic acids is 2. The summed E-state index contributed by atoms with van der Waals surface area (Å²) in [5.74, 6) is -0.777. The van der Waals surface area contributed by atoms with Gasteiger partial charge < -0.3 is 14.5 Å². The van der Waals surface area contributed by atoms with E-state index in [9.17, 15) is 14.0 Å². The molecule has 1 N–H and O–H groups in total. The molecule has 0 radical (unpaired) electrons. The molecule has 0 bridgehead atoms. The second-order valence-corrected chi connectivity index (χ2v) is 11.2. The maximum absolute atomic E-state index is 14.1. The average Bonchev–Trinajstić information content (AvgIpc) is 2.95. The van der Waals surface area contributed by atoms with Gasteiger partial charge in [0.1, 0.15) is 11.4 Å². The Morgan fingerprint density at radius 1 is 1.15 bits per heavy atom. The van der Waals surface area contributed by atoms with E-state index < -0.39 is 17.6 Å². The number of hydrogen-bond acceptors (Lipinski definition) is 5. The van der Waals surface area contributed by atoms with Crippen LogP contribution in [0.2, 0.25) is 10.0 Å². The molecule has 3 aromatic rings. The van der Waals surface area contributed by atoms with Gasteiger partial charge in [0.2, 0.25) is 5.91 Å². The van der Waals surface area contributed by atoms with Crippen LogP contribution >= 0.6 is 23.2 Å². The standard InChI is InChI=1S/C30H31Cl2FN4O3/c1-36(14-9-22-4-2-3-13-34-22)28(38)23(20-5-7-25(31)26(32)18-20)10-15-37-16-11-30(12-17-37)24-19-21(33)6-8-27(24)35-29(39)40-30/h2-8,13,18-19,23H,9-12,14-17H2,1H3,(H,35,39). The fraction of sp³-hybridized carbons (Fsp3) is 0.367. The monoisotopic (exact) mass is 584 g/mol. The van der Waals surface area contributed by atoms with Gasteiger partial charge in [-0.2, -0.15) is 0 Å². The number of anilines is 1. The summed E-state index contributed by atoms with van der Waals surface area (Å²) in [4.78, 5) is 34.3. The summed E-state index contributed by atoms with van der Waals surface area (Å²) in [6.45, 7) is 2.47. The van der Waals surface area contributed by atoms with Crippen molar-refractivity contribution in [2.24, 2.45) is 0 Å². The first-order chi connectivity index (χ1) is 19.2. The van der Waals surface area contributed by atoms with Gasteiger partial charge in [-0.05, 0) is 61.0 Å². The molecule has 0 aliphatic carbocycles. The lowest BCUT2D eigenvalue weighted by molar-refractivity contribution is -0.131. The molecule has 1 fully saturated rings. The lowest BCUT2D eigenvalue weighted by Crippen LogP contribution is -2.48. The topological polar surface area (TPSA) is 74.8 Å². The van der Waals surface area contributed by atoms with Gasteiger partial charge >= 0.3 is 6.09 Å². The van der Waals surface area contributed by atoms with Gasteiger partial charge in [-0.15, -0.1) is 0 Å². The number of nitrogens with zero attached hydrogens (tertiary/aromatic N) is 3. The molecule has 7 nitrogen and oxygen atoms in total. The number of likely N-dealkylation sites (N-methyl/N-ethyl adjacent to an activating group) is 1. The first kappa shape index (κ1) is 28.3. The van der Waals surface area contributed by atoms with E-state index in [0.717, 1.165) is 11.3 Å². The predicted molar refractivity (Wildman–Crippen MR) is 153 cm³/mol. The van der Waals surface area contributed by atoms with Gasteiger partial charge in [0.25, 0.3) is 0 Å². The molecule has 1 atom stereocenters. The second-order valence-electron chi connectivity index (χ2n) is 10.4. The van der Waals surface area contributed by atoms with Crippen molar-refractivity contribution in [3.05, 3.63) is 93.5 Å². The van der Waals surface area contributed by atoms with Crippen molar-refractivity contribution >= 4 is 40.9 Å². The smallest absolute Gasteiger partial charge is 0.412 e. The number of carbonyl (C=O) groups is 2. The van der Waals surface area contributed by atoms with Crippen molar-refractivity contribution in [3.63, 3.8) is 0 Å². The highest BCUT2D eigenvalue weighted by atomic mass is 35.5. The first-order valence-corrected chi connectivity index (χ1v) is 14.1. The highest BCUT2D eigenvalue weighted by Gasteiger charge is 2.44. The van der Waals surface area contributed by atoms with Gasteiger partial charge in [-0.25, -0.2) is 9.18 Å². The molecule has 40 heavy (non-hydrogen) atoms. The van der Waals surface area contributed by atoms with Gasteiger partial charge in [-0.1, -0.05) is 35.3 Å². The highest BCUT2D eigenvalue weighted by molar-refractivity contribution is 6.42. The Labute approximate surface area is 243 Å². The summed E-state index contributed by atoms with van der Waals surface area (Å²) in [6, 6.07) is 15.5. The van der Waals surface area contributed by atoms with E-state index >= 15 is 0 Å². The third-order valence-corrected chi connectivity index (χ3v) is 8.58. The van der Waals surface area contributed by atoms with Crippen LogP contribution in [0.1, 0.15) is 42.0 Å². The number of aromatic nitrogens is 1. The summed E-state index contributed by atoms with van der Waals surface area (Å²) in [5, 5.41) is 3.52. The molecule has 2 amide bonds. The molecule has 1 aromatic heterocycles. The molecular formula is C30H31Cl2FN4O3. The Morgan fingerprint density at radius 2 is 1.95 bits per heavy atom. The van der Waals surface area contributed by atoms with E-state index in [1.54, 1.807) is 29.3 Å². The molecule has 10 heteroatoms. The third kappa shape index (κ3) is 6.24. The minimum atomic E-state index is -0.860. The van der Waals surface area contributed by atoms with Crippen LogP contribution in [0.25, 0.3) is 0 Å². The van der Waals surface area contributed by atoms with Crippen LogP contribution in [0, 0.1) is 5.82 Å². The number of nitrogens with one attached hydrogen (secondary N) is 1. The van der Waals surface area contributed by atoms with Crippen molar-refractivity contribution in [2.75, 3.05) is 38.5 Å². The SMILES string of the molecule is CN(CCc1ccccn1)C(=O)C(CCN1CCC2(CC1)OC(=O)Nc1ccc(F)cc12)c1ccc(Cl)c(Cl)c1. The van der Waals surface area contributed by atoms with Crippen LogP contribution < -0.4 is 5.32 Å². The van der Waals surface area contributed by atoms with Crippen LogP contribution in [0.4, 0.5) is 14.9 Å². The van der Waals surface area contributed by atoms with Crippen LogP contribution in [0.15, 0.2) is 60.8 Å². The minimum absolute atomic E-state index is 0.000475. The summed E-state index contributed by atoms with van der Waals surface area (Å²) >= 11 is 12.5. The Balaban J connectivity index is 1.27. The van der Waals surface area contributed by atoms with E-state index in [1.165, 1.54) is 12.1 Å². The number of pyridine rings is 1. The third-order valence-electron chi connectivity index (χ3n) is 7.84. The molecule has 2 aliphatic rings. The fourth-order valence-corrected chi connectivity index (χ4v) is 5.86. The molecule has 1 spiro atoms. The summed E-state index contributed by atoms with van der Waals surface area (Å²) < 4.78 is 19.8. The molecule has 5 rings (SSSR count).